The molecule has 0 aliphatic carbocycles. The lowest BCUT2D eigenvalue weighted by Gasteiger charge is -2.24. The minimum absolute atomic E-state index is 0.144. The molecule has 9 heteroatoms. The number of aromatic nitrogens is 2. The highest BCUT2D eigenvalue weighted by Gasteiger charge is 2.23. The van der Waals surface area contributed by atoms with Gasteiger partial charge in [0.15, 0.2) is 0 Å². The summed E-state index contributed by atoms with van der Waals surface area (Å²) in [5.41, 5.74) is 0.270. The molecule has 154 valence electrons. The summed E-state index contributed by atoms with van der Waals surface area (Å²) >= 11 is 1.66. The van der Waals surface area contributed by atoms with Gasteiger partial charge >= 0.3 is 0 Å². The van der Waals surface area contributed by atoms with Gasteiger partial charge in [-0.25, -0.2) is 5.10 Å². The minimum atomic E-state index is -0.382. The number of rotatable bonds is 7. The van der Waals surface area contributed by atoms with Crippen molar-refractivity contribution in [2.24, 2.45) is 0 Å². The van der Waals surface area contributed by atoms with E-state index in [2.05, 4.69) is 26.5 Å². The number of fused-ring (bicyclic) bond motifs is 1. The Kier molecular flexibility index (Phi) is 5.79. The maximum atomic E-state index is 12.8. The molecule has 8 nitrogen and oxygen atoms in total. The maximum Gasteiger partial charge on any atom is 0.277 e. The first-order valence-electron chi connectivity index (χ1n) is 9.66. The van der Waals surface area contributed by atoms with E-state index in [0.29, 0.717) is 35.3 Å². The molecule has 1 aliphatic heterocycles. The highest BCUT2D eigenvalue weighted by Crippen LogP contribution is 2.28. The highest BCUT2D eigenvalue weighted by molar-refractivity contribution is 7.09. The normalized spacial score (nSPS) is 16.7. The average molecular weight is 417 g/mol. The summed E-state index contributed by atoms with van der Waals surface area (Å²) in [7, 11) is 0. The molecule has 2 N–H and O–H groups in total. The van der Waals surface area contributed by atoms with Gasteiger partial charge in [0.25, 0.3) is 5.56 Å². The van der Waals surface area contributed by atoms with Crippen molar-refractivity contribution in [2.75, 3.05) is 25.0 Å². The fraction of sp³-hybridized carbons (Fsp3) is 0.450. The van der Waals surface area contributed by atoms with Gasteiger partial charge in [-0.05, 0) is 38.1 Å². The van der Waals surface area contributed by atoms with E-state index in [1.54, 1.807) is 25.2 Å². The zero-order chi connectivity index (χ0) is 20.4. The fourth-order valence-corrected chi connectivity index (χ4v) is 4.53. The molecule has 0 radical (unpaired) electrons. The molecule has 1 amide bonds. The van der Waals surface area contributed by atoms with Crippen molar-refractivity contribution in [1.82, 2.24) is 15.1 Å². The van der Waals surface area contributed by atoms with Gasteiger partial charge in [-0.3, -0.25) is 19.8 Å². The number of nitrogens with one attached hydrogen (secondary N) is 2. The summed E-state index contributed by atoms with van der Waals surface area (Å²) in [4.78, 5) is 28.3. The SMILES string of the molecule is Cc1n[nH]c(=O)c2c(NC(=O)CN(Cc3cccs3)CC3CCCO3)oc(C)c12. The summed E-state index contributed by atoms with van der Waals surface area (Å²) in [6.07, 6.45) is 2.20. The van der Waals surface area contributed by atoms with Crippen LogP contribution in [0.25, 0.3) is 10.8 Å². The first-order valence-corrected chi connectivity index (χ1v) is 10.5. The summed E-state index contributed by atoms with van der Waals surface area (Å²) in [6, 6.07) is 4.06. The second kappa shape index (κ2) is 8.48. The number of carbonyl (C=O) groups excluding carboxylic acids is 1. The van der Waals surface area contributed by atoms with E-state index in [0.717, 1.165) is 19.4 Å². The number of H-pyrrole nitrogens is 1. The zero-order valence-electron chi connectivity index (χ0n) is 16.5. The maximum absolute atomic E-state index is 12.8. The molecular weight excluding hydrogens is 392 g/mol. The van der Waals surface area contributed by atoms with Crippen LogP contribution in [0.3, 0.4) is 0 Å². The molecule has 0 saturated carbocycles. The third-order valence-corrected chi connectivity index (χ3v) is 5.92. The van der Waals surface area contributed by atoms with Crippen molar-refractivity contribution in [3.63, 3.8) is 0 Å². The second-order valence-corrected chi connectivity index (χ2v) is 8.34. The highest BCUT2D eigenvalue weighted by atomic mass is 32.1. The first-order chi connectivity index (χ1) is 14.0. The van der Waals surface area contributed by atoms with Crippen LogP contribution in [-0.4, -0.2) is 46.8 Å². The van der Waals surface area contributed by atoms with E-state index in [-0.39, 0.29) is 30.0 Å². The number of aryl methyl sites for hydroxylation is 2. The van der Waals surface area contributed by atoms with Crippen molar-refractivity contribution >= 4 is 33.9 Å². The van der Waals surface area contributed by atoms with Crippen LogP contribution < -0.4 is 10.9 Å². The summed E-state index contributed by atoms with van der Waals surface area (Å²) in [6.45, 7) is 5.86. The Hall–Kier alpha value is -2.49. The number of hydrogen-bond acceptors (Lipinski definition) is 7. The molecule has 29 heavy (non-hydrogen) atoms. The van der Waals surface area contributed by atoms with E-state index < -0.39 is 0 Å². The van der Waals surface area contributed by atoms with Gasteiger partial charge in [-0.2, -0.15) is 5.10 Å². The Morgan fingerprint density at radius 1 is 1.41 bits per heavy atom. The van der Waals surface area contributed by atoms with Gasteiger partial charge in [-0.15, -0.1) is 11.3 Å². The van der Waals surface area contributed by atoms with Crippen molar-refractivity contribution in [1.29, 1.82) is 0 Å². The number of amides is 1. The van der Waals surface area contributed by atoms with E-state index in [1.165, 1.54) is 4.88 Å². The monoisotopic (exact) mass is 416 g/mol. The molecule has 4 rings (SSSR count). The van der Waals surface area contributed by atoms with Gasteiger partial charge < -0.3 is 9.15 Å². The van der Waals surface area contributed by atoms with Crippen LogP contribution in [0.2, 0.25) is 0 Å². The Morgan fingerprint density at radius 3 is 3.00 bits per heavy atom. The third kappa shape index (κ3) is 4.42. The average Bonchev–Trinajstić information content (AvgIpc) is 3.41. The third-order valence-electron chi connectivity index (χ3n) is 5.06. The summed E-state index contributed by atoms with van der Waals surface area (Å²) in [5, 5.41) is 12.2. The number of hydrogen-bond donors (Lipinski definition) is 2. The lowest BCUT2D eigenvalue weighted by atomic mass is 10.2. The van der Waals surface area contributed by atoms with Crippen molar-refractivity contribution in [3.8, 4) is 0 Å². The van der Waals surface area contributed by atoms with Crippen LogP contribution in [0, 0.1) is 13.8 Å². The molecule has 1 saturated heterocycles. The molecule has 1 unspecified atom stereocenters. The number of anilines is 1. The van der Waals surface area contributed by atoms with Crippen LogP contribution in [-0.2, 0) is 16.1 Å². The Bertz CT molecular complexity index is 1050. The topological polar surface area (TPSA) is 100 Å². The van der Waals surface area contributed by atoms with E-state index in [1.807, 2.05) is 11.4 Å². The van der Waals surface area contributed by atoms with Crippen LogP contribution >= 0.6 is 11.3 Å². The van der Waals surface area contributed by atoms with Crippen molar-refractivity contribution in [3.05, 3.63) is 44.2 Å². The van der Waals surface area contributed by atoms with Crippen LogP contribution in [0.5, 0.6) is 0 Å². The largest absolute Gasteiger partial charge is 0.444 e. The van der Waals surface area contributed by atoms with Crippen molar-refractivity contribution in [2.45, 2.75) is 39.3 Å². The number of ether oxygens (including phenoxy) is 1. The first kappa shape index (κ1) is 19.8. The molecule has 1 fully saturated rings. The standard InChI is InChI=1S/C20H24N4O4S/c1-12-17-13(2)28-20(18(17)19(26)23-22-12)21-16(25)11-24(9-14-5-3-7-27-14)10-15-6-4-8-29-15/h4,6,8,14H,3,5,7,9-11H2,1-2H3,(H,21,25)(H,23,26). The minimum Gasteiger partial charge on any atom is -0.444 e. The summed E-state index contributed by atoms with van der Waals surface area (Å²) in [5.74, 6) is 0.493. The molecule has 1 atom stereocenters. The Balaban J connectivity index is 1.51. The predicted molar refractivity (Wildman–Crippen MR) is 111 cm³/mol. The van der Waals surface area contributed by atoms with Gasteiger partial charge in [0, 0.05) is 24.6 Å². The van der Waals surface area contributed by atoms with Crippen molar-refractivity contribution < 1.29 is 13.9 Å². The molecule has 1 aliphatic rings. The predicted octanol–water partition coefficient (Wildman–Crippen LogP) is 2.81. The zero-order valence-corrected chi connectivity index (χ0v) is 17.3. The smallest absolute Gasteiger partial charge is 0.277 e. The Labute approximate surface area is 171 Å². The van der Waals surface area contributed by atoms with E-state index >= 15 is 0 Å². The lowest BCUT2D eigenvalue weighted by Crippen LogP contribution is -2.37. The van der Waals surface area contributed by atoms with Gasteiger partial charge in [-0.1, -0.05) is 6.07 Å². The van der Waals surface area contributed by atoms with Gasteiger partial charge in [0.2, 0.25) is 11.8 Å². The van der Waals surface area contributed by atoms with Gasteiger partial charge in [0.05, 0.1) is 23.7 Å². The molecular formula is C20H24N4O4S. The van der Waals surface area contributed by atoms with E-state index in [9.17, 15) is 9.59 Å². The second-order valence-electron chi connectivity index (χ2n) is 7.31. The van der Waals surface area contributed by atoms with Crippen LogP contribution in [0.15, 0.2) is 26.7 Å². The summed E-state index contributed by atoms with van der Waals surface area (Å²) < 4.78 is 11.4. The molecule has 3 aromatic rings. The molecule has 0 bridgehead atoms. The molecule has 3 aromatic heterocycles. The quantitative estimate of drug-likeness (QED) is 0.614. The number of carbonyl (C=O) groups is 1. The number of thiophene rings is 1. The van der Waals surface area contributed by atoms with E-state index in [4.69, 9.17) is 9.15 Å². The van der Waals surface area contributed by atoms with Gasteiger partial charge in [0.1, 0.15) is 11.1 Å². The number of aromatic amines is 1. The molecule has 0 aromatic carbocycles. The molecule has 0 spiro atoms. The molecule has 4 heterocycles. The number of nitrogens with zero attached hydrogens (tertiary/aromatic N) is 2. The fourth-order valence-electron chi connectivity index (χ4n) is 3.78. The van der Waals surface area contributed by atoms with Crippen LogP contribution in [0.4, 0.5) is 5.88 Å². The van der Waals surface area contributed by atoms with Crippen LogP contribution in [0.1, 0.15) is 29.2 Å². The lowest BCUT2D eigenvalue weighted by molar-refractivity contribution is -0.117. The Morgan fingerprint density at radius 2 is 2.28 bits per heavy atom. The number of furan rings is 1.